The first-order chi connectivity index (χ1) is 7.77. The molecule has 0 aromatic carbocycles. The smallest absolute Gasteiger partial charge is 0.267 e. The van der Waals surface area contributed by atoms with Gasteiger partial charge in [0.1, 0.15) is 0 Å². The molecule has 16 heavy (non-hydrogen) atoms. The molecule has 0 amide bonds. The molecule has 0 spiro atoms. The van der Waals surface area contributed by atoms with Gasteiger partial charge in [-0.1, -0.05) is 13.3 Å². The van der Waals surface area contributed by atoms with Gasteiger partial charge in [0.05, 0.1) is 13.7 Å². The van der Waals surface area contributed by atoms with E-state index in [-0.39, 0.29) is 5.56 Å². The van der Waals surface area contributed by atoms with Crippen LogP contribution in [0.15, 0.2) is 16.9 Å². The molecule has 1 aromatic heterocycles. The second-order valence-corrected chi connectivity index (χ2v) is 3.54. The average Bonchev–Trinajstić information content (AvgIpc) is 2.31. The molecule has 1 rings (SSSR count). The predicted octanol–water partition coefficient (Wildman–Crippen LogP) is 0.642. The van der Waals surface area contributed by atoms with E-state index in [2.05, 4.69) is 17.3 Å². The maximum atomic E-state index is 11.4. The highest BCUT2D eigenvalue weighted by atomic mass is 16.5. The maximum Gasteiger partial charge on any atom is 0.267 e. The lowest BCUT2D eigenvalue weighted by Gasteiger charge is -2.06. The summed E-state index contributed by atoms with van der Waals surface area (Å²) in [5.74, 6) is 0.466. The Morgan fingerprint density at radius 3 is 2.94 bits per heavy atom. The summed E-state index contributed by atoms with van der Waals surface area (Å²) >= 11 is 0. The standard InChI is InChI=1S/C11H19N3O2/c1-3-4-7-12-8-9-14-11(15)6-5-10(13-14)16-2/h5-6,12H,3-4,7-9H2,1-2H3. The summed E-state index contributed by atoms with van der Waals surface area (Å²) in [6.07, 6.45) is 2.32. The van der Waals surface area contributed by atoms with E-state index in [0.29, 0.717) is 12.4 Å². The molecule has 1 N–H and O–H groups in total. The number of nitrogens with one attached hydrogen (secondary N) is 1. The van der Waals surface area contributed by atoms with Crippen LogP contribution < -0.4 is 15.6 Å². The van der Waals surface area contributed by atoms with E-state index in [1.165, 1.54) is 24.3 Å². The van der Waals surface area contributed by atoms with Gasteiger partial charge in [0.2, 0.25) is 5.88 Å². The lowest BCUT2D eigenvalue weighted by molar-refractivity contribution is 0.374. The minimum atomic E-state index is -0.0990. The lowest BCUT2D eigenvalue weighted by atomic mass is 10.3. The fraction of sp³-hybridized carbons (Fsp3) is 0.636. The Kier molecular flexibility index (Phi) is 5.56. The van der Waals surface area contributed by atoms with Gasteiger partial charge in [0.15, 0.2) is 0 Å². The summed E-state index contributed by atoms with van der Waals surface area (Å²) in [6, 6.07) is 3.04. The monoisotopic (exact) mass is 225 g/mol. The van der Waals surface area contributed by atoms with E-state index < -0.39 is 0 Å². The summed E-state index contributed by atoms with van der Waals surface area (Å²) in [6.45, 7) is 4.45. The molecule has 0 unspecified atom stereocenters. The van der Waals surface area contributed by atoms with Crippen LogP contribution >= 0.6 is 0 Å². The Morgan fingerprint density at radius 2 is 2.25 bits per heavy atom. The Labute approximate surface area is 95.4 Å². The summed E-state index contributed by atoms with van der Waals surface area (Å²) in [7, 11) is 1.54. The molecule has 0 radical (unpaired) electrons. The summed E-state index contributed by atoms with van der Waals surface area (Å²) in [5.41, 5.74) is -0.0990. The summed E-state index contributed by atoms with van der Waals surface area (Å²) in [5, 5.41) is 7.31. The average molecular weight is 225 g/mol. The summed E-state index contributed by atoms with van der Waals surface area (Å²) in [4.78, 5) is 11.4. The van der Waals surface area contributed by atoms with Gasteiger partial charge >= 0.3 is 0 Å². The second kappa shape index (κ2) is 7.00. The van der Waals surface area contributed by atoms with Crippen LogP contribution in [0, 0.1) is 0 Å². The number of hydrogen-bond acceptors (Lipinski definition) is 4. The van der Waals surface area contributed by atoms with E-state index in [9.17, 15) is 4.79 Å². The van der Waals surface area contributed by atoms with Crippen LogP contribution in [0.5, 0.6) is 5.88 Å². The van der Waals surface area contributed by atoms with Gasteiger partial charge < -0.3 is 10.1 Å². The number of hydrogen-bond donors (Lipinski definition) is 1. The molecule has 1 aromatic rings. The molecule has 0 atom stereocenters. The van der Waals surface area contributed by atoms with Crippen molar-refractivity contribution in [1.29, 1.82) is 0 Å². The first-order valence-corrected chi connectivity index (χ1v) is 5.60. The van der Waals surface area contributed by atoms with Gasteiger partial charge in [-0.05, 0) is 13.0 Å². The van der Waals surface area contributed by atoms with Crippen molar-refractivity contribution in [3.05, 3.63) is 22.5 Å². The molecule has 5 heteroatoms. The van der Waals surface area contributed by atoms with Crippen molar-refractivity contribution in [3.8, 4) is 5.88 Å². The Balaban J connectivity index is 2.43. The Bertz CT molecular complexity index is 362. The van der Waals surface area contributed by atoms with Crippen LogP contribution in [-0.2, 0) is 6.54 Å². The van der Waals surface area contributed by atoms with Crippen molar-refractivity contribution in [3.63, 3.8) is 0 Å². The fourth-order valence-electron chi connectivity index (χ4n) is 1.31. The topological polar surface area (TPSA) is 56.1 Å². The predicted molar refractivity (Wildman–Crippen MR) is 62.8 cm³/mol. The van der Waals surface area contributed by atoms with Crippen molar-refractivity contribution >= 4 is 0 Å². The first kappa shape index (κ1) is 12.7. The first-order valence-electron chi connectivity index (χ1n) is 5.60. The normalized spacial score (nSPS) is 10.4. The Morgan fingerprint density at radius 1 is 1.44 bits per heavy atom. The van der Waals surface area contributed by atoms with Crippen LogP contribution in [0.4, 0.5) is 0 Å². The fourth-order valence-corrected chi connectivity index (χ4v) is 1.31. The van der Waals surface area contributed by atoms with Crippen molar-refractivity contribution in [1.82, 2.24) is 15.1 Å². The number of aromatic nitrogens is 2. The van der Waals surface area contributed by atoms with E-state index >= 15 is 0 Å². The van der Waals surface area contributed by atoms with Crippen LogP contribution in [0.25, 0.3) is 0 Å². The SMILES string of the molecule is CCCCNCCn1nc(OC)ccc1=O. The van der Waals surface area contributed by atoms with Crippen molar-refractivity contribution < 1.29 is 4.74 Å². The van der Waals surface area contributed by atoms with Crippen LogP contribution in [0.2, 0.25) is 0 Å². The number of methoxy groups -OCH3 is 1. The van der Waals surface area contributed by atoms with Crippen molar-refractivity contribution in [2.24, 2.45) is 0 Å². The molecule has 0 saturated heterocycles. The largest absolute Gasteiger partial charge is 0.480 e. The van der Waals surface area contributed by atoms with E-state index in [1.807, 2.05) is 0 Å². The van der Waals surface area contributed by atoms with E-state index in [0.717, 1.165) is 19.5 Å². The minimum Gasteiger partial charge on any atom is -0.480 e. The van der Waals surface area contributed by atoms with E-state index in [1.54, 1.807) is 6.07 Å². The lowest BCUT2D eigenvalue weighted by Crippen LogP contribution is -2.28. The third-order valence-corrected chi connectivity index (χ3v) is 2.26. The van der Waals surface area contributed by atoms with Gasteiger partial charge in [-0.25, -0.2) is 4.68 Å². The molecule has 0 bridgehead atoms. The highest BCUT2D eigenvalue weighted by molar-refractivity contribution is 5.05. The molecular formula is C11H19N3O2. The molecule has 0 aliphatic rings. The molecular weight excluding hydrogens is 206 g/mol. The van der Waals surface area contributed by atoms with Gasteiger partial charge in [-0.15, -0.1) is 5.10 Å². The van der Waals surface area contributed by atoms with Gasteiger partial charge in [-0.3, -0.25) is 4.79 Å². The molecule has 0 saturated carbocycles. The highest BCUT2D eigenvalue weighted by Crippen LogP contribution is 1.98. The quantitative estimate of drug-likeness (QED) is 0.692. The number of nitrogens with zero attached hydrogens (tertiary/aromatic N) is 2. The van der Waals surface area contributed by atoms with E-state index in [4.69, 9.17) is 4.74 Å². The zero-order valence-corrected chi connectivity index (χ0v) is 9.90. The molecule has 5 nitrogen and oxygen atoms in total. The van der Waals surface area contributed by atoms with Crippen LogP contribution in [0.1, 0.15) is 19.8 Å². The van der Waals surface area contributed by atoms with Crippen LogP contribution in [0.3, 0.4) is 0 Å². The third kappa shape index (κ3) is 4.02. The molecule has 0 fully saturated rings. The zero-order chi connectivity index (χ0) is 11.8. The highest BCUT2D eigenvalue weighted by Gasteiger charge is 1.99. The molecule has 1 heterocycles. The minimum absolute atomic E-state index is 0.0990. The number of rotatable bonds is 7. The third-order valence-electron chi connectivity index (χ3n) is 2.26. The second-order valence-electron chi connectivity index (χ2n) is 3.54. The van der Waals surface area contributed by atoms with Gasteiger partial charge in [0.25, 0.3) is 5.56 Å². The zero-order valence-electron chi connectivity index (χ0n) is 9.90. The van der Waals surface area contributed by atoms with Gasteiger partial charge in [0, 0.05) is 18.7 Å². The van der Waals surface area contributed by atoms with Crippen LogP contribution in [-0.4, -0.2) is 30.0 Å². The summed E-state index contributed by atoms with van der Waals surface area (Å²) < 4.78 is 6.38. The van der Waals surface area contributed by atoms with Gasteiger partial charge in [-0.2, -0.15) is 0 Å². The number of unbranched alkanes of at least 4 members (excludes halogenated alkanes) is 1. The maximum absolute atomic E-state index is 11.4. The Hall–Kier alpha value is -1.36. The molecule has 0 aliphatic carbocycles. The molecule has 0 aliphatic heterocycles. The molecule has 90 valence electrons. The van der Waals surface area contributed by atoms with Crippen molar-refractivity contribution in [2.75, 3.05) is 20.2 Å². The number of ether oxygens (including phenoxy) is 1. The van der Waals surface area contributed by atoms with Crippen molar-refractivity contribution in [2.45, 2.75) is 26.3 Å².